The van der Waals surface area contributed by atoms with E-state index in [0.29, 0.717) is 74.3 Å². The molecule has 0 spiro atoms. The van der Waals surface area contributed by atoms with Gasteiger partial charge in [0.05, 0.1) is 57.4 Å². The van der Waals surface area contributed by atoms with E-state index in [1.165, 1.54) is 51.5 Å². The number of carbonyl (C=O) groups excluding carboxylic acids is 2. The minimum Gasteiger partial charge on any atom is -0.495 e. The standard InChI is InChI=1S/C30H30N6O6S2/c1-39-21-11-6-5-8-18(21)33-24(38)15-43-30-35-34-29(44-30)36-19-9-7-10-20(37)26(19)25(17(14-31)28(36)32)16-12-22(40-2)27(42-4)23(13-16)41-3/h5-6,8,11-13,25H,7,9-10,15,32H2,1-4H3,(H,33,38). The van der Waals surface area contributed by atoms with Gasteiger partial charge in [0.15, 0.2) is 21.6 Å². The Bertz CT molecular complexity index is 1690. The second kappa shape index (κ2) is 13.3. The summed E-state index contributed by atoms with van der Waals surface area (Å²) in [6.07, 6.45) is 1.50. The first-order chi connectivity index (χ1) is 21.3. The van der Waals surface area contributed by atoms with Crippen LogP contribution in [0.1, 0.15) is 30.7 Å². The molecule has 0 radical (unpaired) electrons. The second-order valence-electron chi connectivity index (χ2n) is 9.66. The molecule has 12 nitrogen and oxygen atoms in total. The molecule has 2 heterocycles. The number of hydrogen-bond acceptors (Lipinski definition) is 13. The van der Waals surface area contributed by atoms with Gasteiger partial charge in [0.25, 0.3) is 0 Å². The van der Waals surface area contributed by atoms with Crippen molar-refractivity contribution in [1.29, 1.82) is 5.26 Å². The van der Waals surface area contributed by atoms with Crippen LogP contribution in [0.2, 0.25) is 0 Å². The van der Waals surface area contributed by atoms with Crippen LogP contribution in [0.15, 0.2) is 63.4 Å². The van der Waals surface area contributed by atoms with Gasteiger partial charge in [-0.1, -0.05) is 35.2 Å². The van der Waals surface area contributed by atoms with Crippen LogP contribution >= 0.6 is 23.1 Å². The Kier molecular flexibility index (Phi) is 9.26. The van der Waals surface area contributed by atoms with E-state index in [-0.39, 0.29) is 28.8 Å². The van der Waals surface area contributed by atoms with Crippen molar-refractivity contribution in [2.24, 2.45) is 5.73 Å². The molecule has 228 valence electrons. The number of nitrogens with two attached hydrogens (primary N) is 1. The van der Waals surface area contributed by atoms with Crippen molar-refractivity contribution >= 4 is 45.6 Å². The molecule has 44 heavy (non-hydrogen) atoms. The molecule has 0 fully saturated rings. The Morgan fingerprint density at radius 3 is 2.45 bits per heavy atom. The van der Waals surface area contributed by atoms with Crippen LogP contribution in [0.3, 0.4) is 0 Å². The van der Waals surface area contributed by atoms with Crippen LogP contribution in [-0.2, 0) is 9.59 Å². The molecule has 1 atom stereocenters. The maximum Gasteiger partial charge on any atom is 0.234 e. The number of nitrogens with one attached hydrogen (secondary N) is 1. The lowest BCUT2D eigenvalue weighted by molar-refractivity contribution is -0.116. The zero-order chi connectivity index (χ0) is 31.4. The Hall–Kier alpha value is -4.74. The van der Waals surface area contributed by atoms with Gasteiger partial charge in [-0.15, -0.1) is 10.2 Å². The van der Waals surface area contributed by atoms with Gasteiger partial charge in [0.2, 0.25) is 16.8 Å². The largest absolute Gasteiger partial charge is 0.495 e. The number of ether oxygens (including phenoxy) is 4. The van der Waals surface area contributed by atoms with E-state index >= 15 is 0 Å². The average molecular weight is 635 g/mol. The molecular weight excluding hydrogens is 605 g/mol. The number of allylic oxidation sites excluding steroid dienone is 3. The number of nitrogens with zero attached hydrogens (tertiary/aromatic N) is 4. The highest BCUT2D eigenvalue weighted by Gasteiger charge is 2.42. The molecule has 1 unspecified atom stereocenters. The molecule has 3 aromatic rings. The van der Waals surface area contributed by atoms with E-state index in [2.05, 4.69) is 21.6 Å². The van der Waals surface area contributed by atoms with E-state index in [1.807, 2.05) is 6.07 Å². The second-order valence-corrected chi connectivity index (χ2v) is 11.8. The fourth-order valence-corrected chi connectivity index (χ4v) is 7.00. The number of amides is 1. The third-order valence-electron chi connectivity index (χ3n) is 7.23. The minimum atomic E-state index is -0.742. The smallest absolute Gasteiger partial charge is 0.234 e. The van der Waals surface area contributed by atoms with E-state index in [1.54, 1.807) is 35.2 Å². The Morgan fingerprint density at radius 2 is 1.80 bits per heavy atom. The molecule has 5 rings (SSSR count). The van der Waals surface area contributed by atoms with Crippen LogP contribution in [0.5, 0.6) is 23.0 Å². The predicted octanol–water partition coefficient (Wildman–Crippen LogP) is 4.61. The lowest BCUT2D eigenvalue weighted by atomic mass is 9.75. The van der Waals surface area contributed by atoms with Crippen molar-refractivity contribution in [2.75, 3.05) is 44.4 Å². The molecule has 0 saturated heterocycles. The van der Waals surface area contributed by atoms with Crippen LogP contribution in [0, 0.1) is 11.3 Å². The summed E-state index contributed by atoms with van der Waals surface area (Å²) in [5, 5.41) is 22.2. The van der Waals surface area contributed by atoms with E-state index < -0.39 is 5.92 Å². The van der Waals surface area contributed by atoms with Crippen LogP contribution < -0.4 is 34.9 Å². The van der Waals surface area contributed by atoms with E-state index in [0.717, 1.165) is 0 Å². The van der Waals surface area contributed by atoms with Crippen molar-refractivity contribution in [1.82, 2.24) is 10.2 Å². The van der Waals surface area contributed by atoms with E-state index in [4.69, 9.17) is 24.7 Å². The fraction of sp³-hybridized carbons (Fsp3) is 0.300. The molecule has 14 heteroatoms. The first kappa shape index (κ1) is 30.7. The number of carbonyl (C=O) groups is 2. The third-order valence-corrected chi connectivity index (χ3v) is 9.27. The van der Waals surface area contributed by atoms with Crippen LogP contribution in [0.25, 0.3) is 0 Å². The van der Waals surface area contributed by atoms with Crippen molar-refractivity contribution in [2.45, 2.75) is 29.5 Å². The Morgan fingerprint density at radius 1 is 1.09 bits per heavy atom. The lowest BCUT2D eigenvalue weighted by Gasteiger charge is -2.38. The summed E-state index contributed by atoms with van der Waals surface area (Å²) in [5.41, 5.74) is 9.19. The number of methoxy groups -OCH3 is 4. The highest BCUT2D eigenvalue weighted by atomic mass is 32.2. The van der Waals surface area contributed by atoms with Gasteiger partial charge in [0, 0.05) is 17.7 Å². The van der Waals surface area contributed by atoms with Gasteiger partial charge in [-0.25, -0.2) is 0 Å². The number of thioether (sulfide) groups is 1. The number of anilines is 2. The van der Waals surface area contributed by atoms with Crippen molar-refractivity contribution in [3.05, 3.63) is 64.6 Å². The van der Waals surface area contributed by atoms with Crippen LogP contribution in [-0.4, -0.2) is 56.1 Å². The number of hydrogen-bond donors (Lipinski definition) is 2. The molecule has 2 aliphatic rings. The first-order valence-electron chi connectivity index (χ1n) is 13.5. The van der Waals surface area contributed by atoms with Crippen molar-refractivity contribution in [3.8, 4) is 29.1 Å². The minimum absolute atomic E-state index is 0.0804. The number of nitriles is 1. The van der Waals surface area contributed by atoms with Crippen LogP contribution in [0.4, 0.5) is 10.8 Å². The molecule has 1 aromatic heterocycles. The molecule has 1 aliphatic carbocycles. The van der Waals surface area contributed by atoms with Gasteiger partial charge in [-0.05, 0) is 42.7 Å². The molecule has 1 aliphatic heterocycles. The Labute approximate surface area is 262 Å². The van der Waals surface area contributed by atoms with Gasteiger partial charge < -0.3 is 30.0 Å². The summed E-state index contributed by atoms with van der Waals surface area (Å²) in [7, 11) is 6.05. The maximum absolute atomic E-state index is 13.5. The zero-order valence-corrected chi connectivity index (χ0v) is 26.1. The quantitative estimate of drug-likeness (QED) is 0.298. The number of rotatable bonds is 10. The first-order valence-corrected chi connectivity index (χ1v) is 15.3. The number of Topliss-reactive ketones (excluding diaryl/α,β-unsaturated/α-hetero) is 1. The number of benzene rings is 2. The SMILES string of the molecule is COc1ccccc1NC(=O)CSc1nnc(N2C(N)=C(C#N)C(c3cc(OC)c(OC)c(OC)c3)C3=C2CCCC3=O)s1. The van der Waals surface area contributed by atoms with Crippen molar-refractivity contribution < 1.29 is 28.5 Å². The molecule has 1 amide bonds. The Balaban J connectivity index is 1.47. The van der Waals surface area contributed by atoms with Gasteiger partial charge in [-0.3, -0.25) is 14.5 Å². The summed E-state index contributed by atoms with van der Waals surface area (Å²) in [6.45, 7) is 0. The van der Waals surface area contributed by atoms with E-state index in [9.17, 15) is 14.9 Å². The molecule has 3 N–H and O–H groups in total. The molecule has 0 saturated carbocycles. The third kappa shape index (κ3) is 5.76. The number of aromatic nitrogens is 2. The maximum atomic E-state index is 13.5. The number of ketones is 1. The normalized spacial score (nSPS) is 16.3. The molecule has 2 aromatic carbocycles. The highest BCUT2D eigenvalue weighted by Crippen LogP contribution is 2.50. The van der Waals surface area contributed by atoms with Gasteiger partial charge in [-0.2, -0.15) is 5.26 Å². The summed E-state index contributed by atoms with van der Waals surface area (Å²) in [5.74, 6) is 0.911. The topological polar surface area (TPSA) is 162 Å². The zero-order valence-electron chi connectivity index (χ0n) is 24.5. The summed E-state index contributed by atoms with van der Waals surface area (Å²) < 4.78 is 22.4. The van der Waals surface area contributed by atoms with Crippen molar-refractivity contribution in [3.63, 3.8) is 0 Å². The lowest BCUT2D eigenvalue weighted by Crippen LogP contribution is -2.38. The summed E-state index contributed by atoms with van der Waals surface area (Å²) in [6, 6.07) is 12.8. The molecular formula is C30H30N6O6S2. The predicted molar refractivity (Wildman–Crippen MR) is 166 cm³/mol. The molecule has 0 bridgehead atoms. The highest BCUT2D eigenvalue weighted by molar-refractivity contribution is 8.01. The number of para-hydroxylation sites is 2. The average Bonchev–Trinajstić information content (AvgIpc) is 3.51. The monoisotopic (exact) mass is 634 g/mol. The summed E-state index contributed by atoms with van der Waals surface area (Å²) >= 11 is 2.43. The fourth-order valence-electron chi connectivity index (χ4n) is 5.32. The summed E-state index contributed by atoms with van der Waals surface area (Å²) in [4.78, 5) is 27.8. The van der Waals surface area contributed by atoms with Gasteiger partial charge in [0.1, 0.15) is 11.6 Å². The van der Waals surface area contributed by atoms with Gasteiger partial charge >= 0.3 is 0 Å².